The third-order valence-corrected chi connectivity index (χ3v) is 20.7. The van der Waals surface area contributed by atoms with Gasteiger partial charge in [0.1, 0.15) is 51.3 Å². The number of oxime groups is 1. The fourth-order valence-electron chi connectivity index (χ4n) is 4.78. The first-order valence-electron chi connectivity index (χ1n) is 12.7. The number of esters is 1. The smallest absolute Gasteiger partial charge is 0.378 e. The average molecular weight is 704 g/mol. The van der Waals surface area contributed by atoms with Crippen molar-refractivity contribution in [2.75, 3.05) is 39.1 Å². The summed E-state index contributed by atoms with van der Waals surface area (Å²) in [5, 5.41) is 7.03. The Morgan fingerprint density at radius 3 is 2.19 bits per heavy atom. The van der Waals surface area contributed by atoms with Crippen LogP contribution in [0, 0.1) is 0 Å². The number of nitrogens with one attached hydrogen (secondary N) is 1. The zero-order valence-corrected chi connectivity index (χ0v) is 30.0. The van der Waals surface area contributed by atoms with E-state index in [1.807, 2.05) is 33.3 Å². The molecule has 0 bridgehead atoms. The first-order chi connectivity index (χ1) is 20.1. The number of rotatable bonds is 13. The number of nitrogens with zero attached hydrogens (tertiary/aromatic N) is 4. The topological polar surface area (TPSA) is 166 Å². The number of aldehydes is 1. The number of aromatic nitrogens is 2. The lowest BCUT2D eigenvalue weighted by Crippen LogP contribution is -2.72. The highest BCUT2D eigenvalue weighted by Crippen LogP contribution is 2.64. The number of ether oxygens (including phenoxy) is 1. The van der Waals surface area contributed by atoms with Crippen LogP contribution in [0.2, 0.25) is 0 Å². The molecule has 0 spiro atoms. The largest absolute Gasteiger partial charge is 0.561 e. The van der Waals surface area contributed by atoms with E-state index in [-0.39, 0.29) is 34.4 Å². The molecule has 1 fully saturated rings. The van der Waals surface area contributed by atoms with Gasteiger partial charge in [0.2, 0.25) is 34.2 Å². The minimum atomic E-state index is -0.999. The van der Waals surface area contributed by atoms with Crippen molar-refractivity contribution in [3.05, 3.63) is 17.1 Å². The van der Waals surface area contributed by atoms with Crippen molar-refractivity contribution < 1.29 is 28.8 Å². The minimum Gasteiger partial charge on any atom is -0.378 e. The number of fused-ring (bicyclic) bond motifs is 1. The lowest BCUT2D eigenvalue weighted by molar-refractivity contribution is -0.157. The summed E-state index contributed by atoms with van der Waals surface area (Å²) in [4.78, 5) is 62.7. The van der Waals surface area contributed by atoms with E-state index in [1.54, 1.807) is 0 Å². The van der Waals surface area contributed by atoms with Crippen molar-refractivity contribution >= 4 is 116 Å². The summed E-state index contributed by atoms with van der Waals surface area (Å²) in [7, 11) is -4.79. The molecule has 2 aliphatic rings. The van der Waals surface area contributed by atoms with Gasteiger partial charge in [-0.3, -0.25) is 24.1 Å². The molecule has 12 nitrogen and oxygen atoms in total. The van der Waals surface area contributed by atoms with Gasteiger partial charge in [-0.2, -0.15) is 9.36 Å². The van der Waals surface area contributed by atoms with Crippen LogP contribution in [-0.2, 0) is 28.8 Å². The molecule has 0 radical (unpaired) electrons. The number of hydrogen-bond acceptors (Lipinski definition) is 11. The molecule has 0 aliphatic carbocycles. The maximum Gasteiger partial charge on any atom is 0.561 e. The van der Waals surface area contributed by atoms with Crippen LogP contribution in [0.25, 0.3) is 0 Å². The van der Waals surface area contributed by atoms with Crippen molar-refractivity contribution in [3.8, 4) is 0 Å². The molecule has 3 heterocycles. The molecule has 7 unspecified atom stereocenters. The second kappa shape index (κ2) is 14.1. The molecule has 1 saturated heterocycles. The van der Waals surface area contributed by atoms with Gasteiger partial charge >= 0.3 is 16.4 Å². The van der Waals surface area contributed by atoms with Crippen LogP contribution < -0.4 is 11.1 Å². The highest BCUT2D eigenvalue weighted by atomic mass is 32.1. The number of carbonyl (C=O) groups excluding carboxylic acids is 4. The van der Waals surface area contributed by atoms with Crippen LogP contribution in [0.4, 0.5) is 5.13 Å². The van der Waals surface area contributed by atoms with Crippen molar-refractivity contribution in [3.63, 3.8) is 0 Å². The van der Waals surface area contributed by atoms with Crippen molar-refractivity contribution in [2.24, 2.45) is 5.16 Å². The molecule has 2 aliphatic heterocycles. The van der Waals surface area contributed by atoms with E-state index in [9.17, 15) is 19.2 Å². The van der Waals surface area contributed by atoms with Crippen molar-refractivity contribution in [1.82, 2.24) is 19.6 Å². The zero-order chi connectivity index (χ0) is 32.4. The van der Waals surface area contributed by atoms with E-state index in [4.69, 9.17) is 15.3 Å². The molecule has 3 rings (SSSR count). The van der Waals surface area contributed by atoms with E-state index in [0.717, 1.165) is 11.5 Å². The molecule has 2 amide bonds. The third kappa shape index (κ3) is 6.93. The number of β-lactam (4-membered cyclic amide) rings is 1. The fourth-order valence-corrected chi connectivity index (χ4v) is 16.0. The van der Waals surface area contributed by atoms with E-state index in [0.29, 0.717) is 12.7 Å². The fraction of sp³-hybridized carbons (Fsp3) is 0.440. The maximum atomic E-state index is 13.6. The number of carbonyl (C=O) groups is 4. The number of nitrogen functional groups attached to an aromatic ring is 1. The quantitative estimate of drug-likeness (QED) is 0.0785. The molecule has 1 aromatic rings. The average Bonchev–Trinajstić information content (AvgIpc) is 3.35. The Hall–Kier alpha value is -2.50. The van der Waals surface area contributed by atoms with Gasteiger partial charge in [0.15, 0.2) is 20.2 Å². The summed E-state index contributed by atoms with van der Waals surface area (Å²) < 4.78 is 9.83. The first-order valence-corrected chi connectivity index (χ1v) is 23.4. The summed E-state index contributed by atoms with van der Waals surface area (Å²) in [6, 6.07) is -1.59. The predicted molar refractivity (Wildman–Crippen MR) is 189 cm³/mol. The summed E-state index contributed by atoms with van der Waals surface area (Å²) >= 11 is 0.878. The van der Waals surface area contributed by atoms with E-state index in [2.05, 4.69) is 51.3 Å². The van der Waals surface area contributed by atoms with Crippen molar-refractivity contribution in [1.29, 1.82) is 0 Å². The highest BCUT2D eigenvalue weighted by molar-refractivity contribution is 7.89. The van der Waals surface area contributed by atoms with Gasteiger partial charge in [0.25, 0.3) is 11.8 Å². The van der Waals surface area contributed by atoms with Gasteiger partial charge in [0.05, 0.1) is 37.5 Å². The number of anilines is 1. The molecule has 0 saturated carbocycles. The molecule has 7 atom stereocenters. The molecular weight excluding hydrogens is 667 g/mol. The third-order valence-electron chi connectivity index (χ3n) is 6.68. The minimum absolute atomic E-state index is 0.0634. The SMILES string of the molecule is C=[P+](C)C(OC(=O)C1=C(C=O)CCC2C(NC(=O)C(=NOC([P+](=C)C)([P+](=C)C)[P+](=C)C)c3nsc(N)n3)C(=O)N12)[P+](=C)C. The maximum absolute atomic E-state index is 13.6. The van der Waals surface area contributed by atoms with Crippen LogP contribution in [0.3, 0.4) is 0 Å². The van der Waals surface area contributed by atoms with Crippen LogP contribution in [0.1, 0.15) is 18.7 Å². The van der Waals surface area contributed by atoms with Gasteiger partial charge < -0.3 is 15.8 Å². The first kappa shape index (κ1) is 35.0. The van der Waals surface area contributed by atoms with E-state index >= 15 is 0 Å². The number of nitrogens with two attached hydrogens (primary N) is 1. The Bertz CT molecular complexity index is 1490. The standard InChI is InChI=1S/C25H35N6O6P5S/c1-38(2)24(39(3)4)36-22(35)18-14(13-32)11-12-15-16(21(34)31(15)18)27-20(33)17(19-28-23(26)43-30-19)29-37-25(40(5)6,41(7)8)42(9)10/h13,15-16,24H,1,3,5,7,9,11-12H2,2,4,6,8,10H3,(H2-,26,27,28,30,33)/q+4/p+1. The molecule has 43 heavy (non-hydrogen) atoms. The number of allylic oxidation sites excluding steroid dienone is 1. The predicted octanol–water partition coefficient (Wildman–Crippen LogP) is 2.94. The number of amides is 2. The van der Waals surface area contributed by atoms with Gasteiger partial charge in [-0.15, -0.1) is 0 Å². The molecule has 1 aromatic heterocycles. The van der Waals surface area contributed by atoms with Crippen LogP contribution in [-0.4, -0.2) is 131 Å². The van der Waals surface area contributed by atoms with E-state index < -0.39 is 78.0 Å². The Labute approximate surface area is 260 Å². The number of hydrogen-bond donors (Lipinski definition) is 2. The second-order valence-corrected chi connectivity index (χ2v) is 22.5. The Kier molecular flexibility index (Phi) is 11.4. The van der Waals surface area contributed by atoms with Crippen LogP contribution >= 0.6 is 49.3 Å². The van der Waals surface area contributed by atoms with Gasteiger partial charge in [-0.05, 0) is 12.8 Å². The molecule has 3 N–H and O–H groups in total. The molecule has 18 heteroatoms. The van der Waals surface area contributed by atoms with E-state index in [1.165, 1.54) is 4.90 Å². The normalized spacial score (nSPS) is 22.2. The van der Waals surface area contributed by atoms with Crippen LogP contribution in [0.5, 0.6) is 0 Å². The zero-order valence-electron chi connectivity index (χ0n) is 24.7. The highest BCUT2D eigenvalue weighted by Gasteiger charge is 2.64. The van der Waals surface area contributed by atoms with Gasteiger partial charge in [-0.1, -0.05) is 5.16 Å². The second-order valence-electron chi connectivity index (χ2n) is 10.2. The molecular formula is C25H36N6O6P5S+5. The lowest BCUT2D eigenvalue weighted by atomic mass is 9.83. The summed E-state index contributed by atoms with van der Waals surface area (Å²) in [5.74, 6) is -2.17. The summed E-state index contributed by atoms with van der Waals surface area (Å²) in [5.41, 5.74) is 5.07. The summed E-state index contributed by atoms with van der Waals surface area (Å²) in [6.45, 7) is 9.54. The molecule has 0 aromatic carbocycles. The Balaban J connectivity index is 1.92. The van der Waals surface area contributed by atoms with Crippen molar-refractivity contribution in [2.45, 2.75) is 35.3 Å². The monoisotopic (exact) mass is 703 g/mol. The summed E-state index contributed by atoms with van der Waals surface area (Å²) in [6.07, 6.45) is 21.8. The Morgan fingerprint density at radius 2 is 1.72 bits per heavy atom. The van der Waals surface area contributed by atoms with Crippen LogP contribution in [0.15, 0.2) is 16.4 Å². The van der Waals surface area contributed by atoms with Gasteiger partial charge in [-0.25, -0.2) is 4.79 Å². The van der Waals surface area contributed by atoms with Gasteiger partial charge in [0, 0.05) is 17.1 Å². The Morgan fingerprint density at radius 1 is 1.14 bits per heavy atom. The lowest BCUT2D eigenvalue weighted by Gasteiger charge is -2.49. The molecule has 228 valence electrons.